The van der Waals surface area contributed by atoms with E-state index in [9.17, 15) is 4.79 Å². The van der Waals surface area contributed by atoms with Crippen molar-refractivity contribution in [3.05, 3.63) is 46.2 Å². The number of amides is 1. The number of carbonyl (C=O) groups excluding carboxylic acids is 1. The maximum absolute atomic E-state index is 12.2. The number of carbonyl (C=O) groups is 1. The van der Waals surface area contributed by atoms with E-state index in [0.717, 1.165) is 16.8 Å². The number of ether oxygens (including phenoxy) is 2. The molecule has 0 aliphatic heterocycles. The maximum atomic E-state index is 12.2. The molecule has 0 aliphatic rings. The second kappa shape index (κ2) is 8.07. The fourth-order valence-electron chi connectivity index (χ4n) is 2.46. The number of hydrogen-bond acceptors (Lipinski definition) is 4. The molecule has 0 radical (unpaired) electrons. The minimum absolute atomic E-state index is 0.192. The largest absolute Gasteiger partial charge is 0.493 e. The SMILES string of the molecule is COc1ccc(C(C)NC(=O)/C=C/c2c(C)nn(C)c2Cl)cc1OC. The number of benzene rings is 1. The number of aromatic nitrogens is 2. The molecule has 1 aromatic carbocycles. The summed E-state index contributed by atoms with van der Waals surface area (Å²) in [4.78, 5) is 12.2. The molecule has 0 aliphatic carbocycles. The van der Waals surface area contributed by atoms with Crippen molar-refractivity contribution in [1.29, 1.82) is 0 Å². The molecule has 2 aromatic rings. The van der Waals surface area contributed by atoms with Crippen molar-refractivity contribution in [2.75, 3.05) is 14.2 Å². The van der Waals surface area contributed by atoms with E-state index >= 15 is 0 Å². The Morgan fingerprint density at radius 2 is 2.00 bits per heavy atom. The highest BCUT2D eigenvalue weighted by Gasteiger charge is 2.12. The first-order valence-electron chi connectivity index (χ1n) is 7.77. The molecule has 1 heterocycles. The Balaban J connectivity index is 2.08. The van der Waals surface area contributed by atoms with Crippen molar-refractivity contribution in [3.63, 3.8) is 0 Å². The fraction of sp³-hybridized carbons (Fsp3) is 0.333. The summed E-state index contributed by atoms with van der Waals surface area (Å²) in [6.45, 7) is 3.74. The fourth-order valence-corrected chi connectivity index (χ4v) is 2.70. The second-order valence-electron chi connectivity index (χ2n) is 5.59. The highest BCUT2D eigenvalue weighted by Crippen LogP contribution is 2.29. The van der Waals surface area contributed by atoms with Crippen LogP contribution in [0.1, 0.15) is 29.8 Å². The lowest BCUT2D eigenvalue weighted by Gasteiger charge is -2.15. The van der Waals surface area contributed by atoms with Gasteiger partial charge in [0.05, 0.1) is 26.0 Å². The average Bonchev–Trinajstić information content (AvgIpc) is 2.84. The predicted molar refractivity (Wildman–Crippen MR) is 98.1 cm³/mol. The van der Waals surface area contributed by atoms with Crippen LogP contribution in [-0.2, 0) is 11.8 Å². The number of methoxy groups -OCH3 is 2. The third-order valence-electron chi connectivity index (χ3n) is 3.86. The average molecular weight is 364 g/mol. The van der Waals surface area contributed by atoms with Crippen molar-refractivity contribution in [1.82, 2.24) is 15.1 Å². The molecule has 1 unspecified atom stereocenters. The smallest absolute Gasteiger partial charge is 0.244 e. The highest BCUT2D eigenvalue weighted by atomic mass is 35.5. The summed E-state index contributed by atoms with van der Waals surface area (Å²) in [5.41, 5.74) is 2.41. The topological polar surface area (TPSA) is 65.4 Å². The summed E-state index contributed by atoms with van der Waals surface area (Å²) in [6.07, 6.45) is 3.12. The van der Waals surface area contributed by atoms with Crippen LogP contribution in [0.25, 0.3) is 6.08 Å². The van der Waals surface area contributed by atoms with Crippen LogP contribution in [0.5, 0.6) is 11.5 Å². The van der Waals surface area contributed by atoms with Gasteiger partial charge in [0.1, 0.15) is 5.15 Å². The first-order chi connectivity index (χ1) is 11.9. The van der Waals surface area contributed by atoms with Crippen LogP contribution in [0.4, 0.5) is 0 Å². The maximum Gasteiger partial charge on any atom is 0.244 e. The Morgan fingerprint density at radius 1 is 1.32 bits per heavy atom. The number of nitrogens with one attached hydrogen (secondary N) is 1. The third kappa shape index (κ3) is 4.33. The number of aryl methyl sites for hydroxylation is 2. The normalized spacial score (nSPS) is 12.2. The van der Waals surface area contributed by atoms with Crippen LogP contribution in [0.15, 0.2) is 24.3 Å². The van der Waals surface area contributed by atoms with Gasteiger partial charge in [-0.25, -0.2) is 0 Å². The van der Waals surface area contributed by atoms with Gasteiger partial charge in [0.15, 0.2) is 11.5 Å². The van der Waals surface area contributed by atoms with E-state index in [1.165, 1.54) is 6.08 Å². The molecule has 0 bridgehead atoms. The predicted octanol–water partition coefficient (Wildman–Crippen LogP) is 3.29. The van der Waals surface area contributed by atoms with Crippen molar-refractivity contribution in [2.24, 2.45) is 7.05 Å². The molecule has 134 valence electrons. The van der Waals surface area contributed by atoms with Gasteiger partial charge in [0, 0.05) is 18.7 Å². The molecule has 0 spiro atoms. The van der Waals surface area contributed by atoms with Gasteiger partial charge in [-0.3, -0.25) is 9.48 Å². The lowest BCUT2D eigenvalue weighted by atomic mass is 10.1. The molecule has 7 heteroatoms. The summed E-state index contributed by atoms with van der Waals surface area (Å²) < 4.78 is 12.1. The first kappa shape index (κ1) is 18.9. The molecule has 1 N–H and O–H groups in total. The Morgan fingerprint density at radius 3 is 2.56 bits per heavy atom. The van der Waals surface area contributed by atoms with Crippen molar-refractivity contribution < 1.29 is 14.3 Å². The molecule has 1 atom stereocenters. The van der Waals surface area contributed by atoms with Crippen molar-refractivity contribution in [2.45, 2.75) is 19.9 Å². The third-order valence-corrected chi connectivity index (χ3v) is 4.31. The lowest BCUT2D eigenvalue weighted by Crippen LogP contribution is -2.24. The highest BCUT2D eigenvalue weighted by molar-refractivity contribution is 6.31. The molecular formula is C18H22ClN3O3. The van der Waals surface area contributed by atoms with Crippen LogP contribution in [0, 0.1) is 6.92 Å². The van der Waals surface area contributed by atoms with Gasteiger partial charge in [-0.2, -0.15) is 5.10 Å². The zero-order chi connectivity index (χ0) is 18.6. The number of rotatable bonds is 6. The number of halogens is 1. The Kier molecular flexibility index (Phi) is 6.09. The molecule has 25 heavy (non-hydrogen) atoms. The van der Waals surface area contributed by atoms with Crippen molar-refractivity contribution in [3.8, 4) is 11.5 Å². The van der Waals surface area contributed by atoms with Crippen LogP contribution in [-0.4, -0.2) is 29.9 Å². The van der Waals surface area contributed by atoms with Gasteiger partial charge in [-0.05, 0) is 37.6 Å². The monoisotopic (exact) mass is 363 g/mol. The Labute approximate surface area is 152 Å². The molecular weight excluding hydrogens is 342 g/mol. The zero-order valence-corrected chi connectivity index (χ0v) is 15.7. The van der Waals surface area contributed by atoms with E-state index < -0.39 is 0 Å². The van der Waals surface area contributed by atoms with Crippen LogP contribution in [0.3, 0.4) is 0 Å². The number of nitrogens with zero attached hydrogens (tertiary/aromatic N) is 2. The van der Waals surface area contributed by atoms with Gasteiger partial charge >= 0.3 is 0 Å². The standard InChI is InChI=1S/C18H22ClN3O3/c1-11(13-6-8-15(24-4)16(10-13)25-5)20-17(23)9-7-14-12(2)21-22(3)18(14)19/h6-11H,1-5H3,(H,20,23)/b9-7+. The summed E-state index contributed by atoms with van der Waals surface area (Å²) in [5.74, 6) is 1.04. The molecule has 0 saturated heterocycles. The van der Waals surface area contributed by atoms with Crippen LogP contribution < -0.4 is 14.8 Å². The minimum atomic E-state index is -0.221. The van der Waals surface area contributed by atoms with Crippen LogP contribution in [0.2, 0.25) is 5.15 Å². The summed E-state index contributed by atoms with van der Waals surface area (Å²) in [7, 11) is 4.92. The zero-order valence-electron chi connectivity index (χ0n) is 15.0. The molecule has 0 fully saturated rings. The lowest BCUT2D eigenvalue weighted by molar-refractivity contribution is -0.117. The molecule has 1 amide bonds. The second-order valence-corrected chi connectivity index (χ2v) is 5.95. The van der Waals surface area contributed by atoms with Gasteiger partial charge in [0.2, 0.25) is 5.91 Å². The van der Waals surface area contributed by atoms with E-state index in [1.54, 1.807) is 32.0 Å². The first-order valence-corrected chi connectivity index (χ1v) is 8.14. The van der Waals surface area contributed by atoms with E-state index in [2.05, 4.69) is 10.4 Å². The molecule has 1 aromatic heterocycles. The van der Waals surface area contributed by atoms with Crippen LogP contribution >= 0.6 is 11.6 Å². The van der Waals surface area contributed by atoms with E-state index in [1.807, 2.05) is 32.0 Å². The molecule has 0 saturated carbocycles. The minimum Gasteiger partial charge on any atom is -0.493 e. The summed E-state index contributed by atoms with van der Waals surface area (Å²) in [5, 5.41) is 7.61. The summed E-state index contributed by atoms with van der Waals surface area (Å²) >= 11 is 6.15. The van der Waals surface area contributed by atoms with Crippen molar-refractivity contribution >= 4 is 23.6 Å². The molecule has 2 rings (SSSR count). The van der Waals surface area contributed by atoms with Gasteiger partial charge in [-0.1, -0.05) is 17.7 Å². The van der Waals surface area contributed by atoms with E-state index in [0.29, 0.717) is 16.7 Å². The molecule has 6 nitrogen and oxygen atoms in total. The van der Waals surface area contributed by atoms with Gasteiger partial charge < -0.3 is 14.8 Å². The Bertz CT molecular complexity index is 799. The van der Waals surface area contributed by atoms with Gasteiger partial charge in [-0.15, -0.1) is 0 Å². The van der Waals surface area contributed by atoms with E-state index in [4.69, 9.17) is 21.1 Å². The Hall–Kier alpha value is -2.47. The quantitative estimate of drug-likeness (QED) is 0.800. The van der Waals surface area contributed by atoms with E-state index in [-0.39, 0.29) is 11.9 Å². The number of hydrogen-bond donors (Lipinski definition) is 1. The van der Waals surface area contributed by atoms with Gasteiger partial charge in [0.25, 0.3) is 0 Å². The summed E-state index contributed by atoms with van der Waals surface area (Å²) in [6, 6.07) is 5.35.